The molecule has 0 aliphatic carbocycles. The fourth-order valence-electron chi connectivity index (χ4n) is 2.26. The van der Waals surface area contributed by atoms with Gasteiger partial charge in [-0.05, 0) is 26.0 Å². The number of hydrogen-bond donors (Lipinski definition) is 0. The first-order chi connectivity index (χ1) is 9.75. The minimum atomic E-state index is 0.974. The van der Waals surface area contributed by atoms with Crippen molar-refractivity contribution in [1.29, 1.82) is 0 Å². The summed E-state index contributed by atoms with van der Waals surface area (Å²) < 4.78 is 5.98. The molecular formula is C18H16OS. The van der Waals surface area contributed by atoms with Gasteiger partial charge in [-0.3, -0.25) is 0 Å². The number of benzene rings is 2. The predicted octanol–water partition coefficient (Wildman–Crippen LogP) is 5.71. The fraction of sp³-hybridized carbons (Fsp3) is 0.111. The van der Waals surface area contributed by atoms with Crippen LogP contribution >= 0.6 is 11.8 Å². The number of aryl methyl sites for hydroxylation is 1. The first kappa shape index (κ1) is 13.1. The van der Waals surface area contributed by atoms with E-state index >= 15 is 0 Å². The molecule has 1 heterocycles. The molecule has 1 aromatic heterocycles. The lowest BCUT2D eigenvalue weighted by molar-refractivity contribution is 0.540. The number of furan rings is 1. The summed E-state index contributed by atoms with van der Waals surface area (Å²) in [5, 5.41) is 0. The van der Waals surface area contributed by atoms with Gasteiger partial charge in [0.1, 0.15) is 11.5 Å². The van der Waals surface area contributed by atoms with Crippen LogP contribution in [0.1, 0.15) is 11.3 Å². The molecule has 0 saturated heterocycles. The summed E-state index contributed by atoms with van der Waals surface area (Å²) in [6.45, 7) is 4.16. The third-order valence-corrected chi connectivity index (χ3v) is 4.56. The van der Waals surface area contributed by atoms with Gasteiger partial charge in [-0.2, -0.15) is 0 Å². The van der Waals surface area contributed by atoms with Gasteiger partial charge in [-0.25, -0.2) is 0 Å². The molecule has 20 heavy (non-hydrogen) atoms. The molecular weight excluding hydrogens is 264 g/mol. The van der Waals surface area contributed by atoms with Gasteiger partial charge < -0.3 is 4.42 Å². The second-order valence-corrected chi connectivity index (χ2v) is 5.81. The van der Waals surface area contributed by atoms with Gasteiger partial charge in [-0.15, -0.1) is 0 Å². The van der Waals surface area contributed by atoms with Crippen molar-refractivity contribution >= 4 is 11.8 Å². The van der Waals surface area contributed by atoms with Gasteiger partial charge in [0.05, 0.1) is 4.90 Å². The highest BCUT2D eigenvalue weighted by atomic mass is 32.2. The highest BCUT2D eigenvalue weighted by Crippen LogP contribution is 2.39. The van der Waals surface area contributed by atoms with E-state index in [4.69, 9.17) is 4.42 Å². The van der Waals surface area contributed by atoms with Crippen LogP contribution in [0.4, 0.5) is 0 Å². The Morgan fingerprint density at radius 2 is 1.40 bits per heavy atom. The maximum absolute atomic E-state index is 5.98. The van der Waals surface area contributed by atoms with Crippen LogP contribution in [0.3, 0.4) is 0 Å². The van der Waals surface area contributed by atoms with Crippen LogP contribution in [0.15, 0.2) is 74.9 Å². The first-order valence-corrected chi connectivity index (χ1v) is 7.45. The van der Waals surface area contributed by atoms with E-state index in [9.17, 15) is 0 Å². The van der Waals surface area contributed by atoms with E-state index in [-0.39, 0.29) is 0 Å². The Morgan fingerprint density at radius 1 is 0.800 bits per heavy atom. The monoisotopic (exact) mass is 280 g/mol. The maximum Gasteiger partial charge on any atom is 0.138 e. The molecule has 3 aromatic rings. The third kappa shape index (κ3) is 2.52. The smallest absolute Gasteiger partial charge is 0.138 e. The molecule has 0 radical (unpaired) electrons. The molecule has 0 saturated carbocycles. The van der Waals surface area contributed by atoms with Crippen molar-refractivity contribution in [2.45, 2.75) is 23.6 Å². The average Bonchev–Trinajstić information content (AvgIpc) is 2.77. The number of rotatable bonds is 3. The lowest BCUT2D eigenvalue weighted by atomic mass is 10.1. The average molecular weight is 280 g/mol. The number of hydrogen-bond acceptors (Lipinski definition) is 2. The molecule has 100 valence electrons. The van der Waals surface area contributed by atoms with E-state index in [1.807, 2.05) is 31.2 Å². The highest BCUT2D eigenvalue weighted by molar-refractivity contribution is 7.99. The lowest BCUT2D eigenvalue weighted by Gasteiger charge is -2.01. The van der Waals surface area contributed by atoms with Crippen LogP contribution in [-0.2, 0) is 0 Å². The summed E-state index contributed by atoms with van der Waals surface area (Å²) in [4.78, 5) is 2.45. The van der Waals surface area contributed by atoms with E-state index in [0.29, 0.717) is 0 Å². The van der Waals surface area contributed by atoms with Crippen molar-refractivity contribution in [2.24, 2.45) is 0 Å². The molecule has 0 atom stereocenters. The SMILES string of the molecule is Cc1oc(-c2ccccc2)c(C)c1Sc1ccccc1. The molecule has 1 nitrogen and oxygen atoms in total. The van der Waals surface area contributed by atoms with Gasteiger partial charge in [0.25, 0.3) is 0 Å². The Labute approximate surface area is 123 Å². The summed E-state index contributed by atoms with van der Waals surface area (Å²) in [5.41, 5.74) is 2.34. The standard InChI is InChI=1S/C18H16OS/c1-13-17(15-9-5-3-6-10-15)19-14(2)18(13)20-16-11-7-4-8-12-16/h3-12H,1-2H3. The summed E-state index contributed by atoms with van der Waals surface area (Å²) >= 11 is 1.76. The van der Waals surface area contributed by atoms with Gasteiger partial charge in [0.15, 0.2) is 0 Å². The Hall–Kier alpha value is -1.93. The zero-order chi connectivity index (χ0) is 13.9. The maximum atomic E-state index is 5.98. The van der Waals surface area contributed by atoms with Crippen molar-refractivity contribution in [3.63, 3.8) is 0 Å². The molecule has 2 aromatic carbocycles. The fourth-order valence-corrected chi connectivity index (χ4v) is 3.22. The van der Waals surface area contributed by atoms with Gasteiger partial charge in [0, 0.05) is 16.0 Å². The van der Waals surface area contributed by atoms with E-state index in [0.717, 1.165) is 17.1 Å². The molecule has 0 bridgehead atoms. The van der Waals surface area contributed by atoms with E-state index in [1.54, 1.807) is 11.8 Å². The quantitative estimate of drug-likeness (QED) is 0.609. The Bertz CT molecular complexity index is 699. The Morgan fingerprint density at radius 3 is 2.05 bits per heavy atom. The Balaban J connectivity index is 1.99. The van der Waals surface area contributed by atoms with Crippen molar-refractivity contribution in [1.82, 2.24) is 0 Å². The topological polar surface area (TPSA) is 13.1 Å². The van der Waals surface area contributed by atoms with Crippen LogP contribution in [0.2, 0.25) is 0 Å². The molecule has 0 aliphatic heterocycles. The highest BCUT2D eigenvalue weighted by Gasteiger charge is 2.16. The molecule has 0 amide bonds. The minimum absolute atomic E-state index is 0.974. The molecule has 0 fully saturated rings. The molecule has 0 unspecified atom stereocenters. The zero-order valence-corrected chi connectivity index (χ0v) is 12.4. The molecule has 2 heteroatoms. The van der Waals surface area contributed by atoms with Crippen molar-refractivity contribution in [3.8, 4) is 11.3 Å². The first-order valence-electron chi connectivity index (χ1n) is 6.64. The molecule has 0 spiro atoms. The molecule has 0 aliphatic rings. The summed E-state index contributed by atoms with van der Waals surface area (Å²) in [6.07, 6.45) is 0. The summed E-state index contributed by atoms with van der Waals surface area (Å²) in [7, 11) is 0. The normalized spacial score (nSPS) is 10.7. The van der Waals surface area contributed by atoms with Crippen LogP contribution in [-0.4, -0.2) is 0 Å². The Kier molecular flexibility index (Phi) is 3.66. The summed E-state index contributed by atoms with van der Waals surface area (Å²) in [5.74, 6) is 1.96. The van der Waals surface area contributed by atoms with E-state index < -0.39 is 0 Å². The van der Waals surface area contributed by atoms with Crippen LogP contribution in [0.5, 0.6) is 0 Å². The van der Waals surface area contributed by atoms with E-state index in [2.05, 4.69) is 43.3 Å². The van der Waals surface area contributed by atoms with Gasteiger partial charge in [-0.1, -0.05) is 60.3 Å². The lowest BCUT2D eigenvalue weighted by Crippen LogP contribution is -1.79. The van der Waals surface area contributed by atoms with Crippen molar-refractivity contribution < 1.29 is 4.42 Å². The van der Waals surface area contributed by atoms with Crippen LogP contribution in [0, 0.1) is 13.8 Å². The largest absolute Gasteiger partial charge is 0.460 e. The second-order valence-electron chi connectivity index (χ2n) is 4.72. The predicted molar refractivity (Wildman–Crippen MR) is 84.2 cm³/mol. The van der Waals surface area contributed by atoms with Crippen LogP contribution in [0.25, 0.3) is 11.3 Å². The van der Waals surface area contributed by atoms with Crippen LogP contribution < -0.4 is 0 Å². The van der Waals surface area contributed by atoms with E-state index in [1.165, 1.54) is 15.4 Å². The molecule has 0 N–H and O–H groups in total. The molecule has 3 rings (SSSR count). The third-order valence-electron chi connectivity index (χ3n) is 3.26. The zero-order valence-electron chi connectivity index (χ0n) is 11.6. The van der Waals surface area contributed by atoms with Gasteiger partial charge >= 0.3 is 0 Å². The summed E-state index contributed by atoms with van der Waals surface area (Å²) in [6, 6.07) is 20.7. The second kappa shape index (κ2) is 5.59. The van der Waals surface area contributed by atoms with Crippen molar-refractivity contribution in [3.05, 3.63) is 72.0 Å². The minimum Gasteiger partial charge on any atom is -0.460 e. The van der Waals surface area contributed by atoms with Gasteiger partial charge in [0.2, 0.25) is 0 Å². The van der Waals surface area contributed by atoms with Crippen molar-refractivity contribution in [2.75, 3.05) is 0 Å².